The molecule has 5 rings (SSSR count). The van der Waals surface area contributed by atoms with Gasteiger partial charge in [0, 0.05) is 35.8 Å². The molecule has 0 heterocycles. The smallest absolute Gasteiger partial charge is 0.255 e. The minimum Gasteiger partial charge on any atom is -0.390 e. The highest BCUT2D eigenvalue weighted by atomic mass is 35.5. The lowest BCUT2D eigenvalue weighted by molar-refractivity contribution is -0.128. The van der Waals surface area contributed by atoms with Gasteiger partial charge in [-0.05, 0) is 68.1 Å². The number of hydrogen-bond donors (Lipinski definition) is 5. The number of carbonyl (C=O) groups is 2. The summed E-state index contributed by atoms with van der Waals surface area (Å²) in [5.41, 5.74) is -1.89. The molecule has 0 aromatic heterocycles. The van der Waals surface area contributed by atoms with E-state index in [0.29, 0.717) is 18.6 Å². The van der Waals surface area contributed by atoms with Crippen LogP contribution >= 0.6 is 11.6 Å². The van der Waals surface area contributed by atoms with Crippen molar-refractivity contribution < 1.29 is 46.5 Å². The van der Waals surface area contributed by atoms with Crippen LogP contribution in [0.3, 0.4) is 0 Å². The van der Waals surface area contributed by atoms with Crippen LogP contribution in [0.2, 0.25) is 5.02 Å². The summed E-state index contributed by atoms with van der Waals surface area (Å²) in [5, 5.41) is 35.1. The molecule has 9 nitrogen and oxygen atoms in total. The highest BCUT2D eigenvalue weighted by Crippen LogP contribution is 2.54. The lowest BCUT2D eigenvalue weighted by Crippen LogP contribution is -2.55. The largest absolute Gasteiger partial charge is 0.390 e. The third kappa shape index (κ3) is 5.89. The maximum Gasteiger partial charge on any atom is 0.255 e. The van der Waals surface area contributed by atoms with Crippen LogP contribution in [0.25, 0.3) is 0 Å². The van der Waals surface area contributed by atoms with Crippen LogP contribution in [0.4, 0.5) is 18.9 Å². The van der Waals surface area contributed by atoms with Gasteiger partial charge in [-0.25, -0.2) is 21.6 Å². The molecule has 2 aromatic carbocycles. The summed E-state index contributed by atoms with van der Waals surface area (Å²) in [5.74, 6) is -7.58. The fraction of sp³-hybridized carbons (Fsp3) is 0.517. The molecular weight excluding hydrogens is 613 g/mol. The van der Waals surface area contributed by atoms with Gasteiger partial charge in [-0.3, -0.25) is 9.59 Å². The number of halogens is 4. The standard InChI is InChI=1S/C29H32ClF3N2O7S/c1-13-4-16-8-18(11-19(13)29(16,40)12-34-27(38)15-5-23(36)24(37)6-15)43(41,42)25-7-14(2-3-20(25)30)28(39)35-17-9-21(31)26(33)22(32)10-17/h2-3,7,9-10,13,15-16,18-19,23-24,36-37,40H,4-6,8,11-12H2,1H3,(H,34,38)(H,35,39)/t13-,15?,16?,18+,19?,23-,24+,29+/m0/s1. The Morgan fingerprint density at radius 3 is 2.23 bits per heavy atom. The van der Waals surface area contributed by atoms with Gasteiger partial charge in [0.15, 0.2) is 27.3 Å². The van der Waals surface area contributed by atoms with E-state index in [9.17, 15) is 46.5 Å². The molecule has 8 atom stereocenters. The molecule has 14 heteroatoms. The molecule has 3 fully saturated rings. The Bertz CT molecular complexity index is 1530. The molecule has 2 aromatic rings. The number of aliphatic hydroxyl groups is 3. The highest BCUT2D eigenvalue weighted by molar-refractivity contribution is 7.92. The predicted molar refractivity (Wildman–Crippen MR) is 149 cm³/mol. The zero-order chi connectivity index (χ0) is 31.4. The quantitative estimate of drug-likeness (QED) is 0.290. The van der Waals surface area contributed by atoms with E-state index in [4.69, 9.17) is 11.6 Å². The number of hydrogen-bond acceptors (Lipinski definition) is 7. The summed E-state index contributed by atoms with van der Waals surface area (Å²) in [7, 11) is -4.13. The summed E-state index contributed by atoms with van der Waals surface area (Å²) in [4.78, 5) is 25.2. The average Bonchev–Trinajstić information content (AvgIpc) is 3.31. The van der Waals surface area contributed by atoms with Crippen molar-refractivity contribution in [3.05, 3.63) is 58.4 Å². The SMILES string of the molecule is C[C@H]1CC2C[C@@H](S(=O)(=O)c3cc(C(=O)Nc4cc(F)c(F)c(F)c4)ccc3Cl)CC1[C@@]2(O)CNC(=O)C1C[C@@H](O)[C@@H](O)C1. The predicted octanol–water partition coefficient (Wildman–Crippen LogP) is 3.20. The number of anilines is 1. The number of nitrogens with one attached hydrogen (secondary N) is 2. The van der Waals surface area contributed by atoms with Gasteiger partial charge in [-0.2, -0.15) is 0 Å². The third-order valence-electron chi connectivity index (χ3n) is 9.35. The molecule has 3 unspecified atom stereocenters. The molecule has 0 spiro atoms. The number of rotatable bonds is 7. The molecule has 5 N–H and O–H groups in total. The maximum absolute atomic E-state index is 13.9. The molecular formula is C29H32ClF3N2O7S. The molecule has 3 aliphatic carbocycles. The minimum atomic E-state index is -4.13. The van der Waals surface area contributed by atoms with Crippen LogP contribution < -0.4 is 10.6 Å². The minimum absolute atomic E-state index is 0.0497. The second-order valence-electron chi connectivity index (χ2n) is 12.0. The fourth-order valence-corrected chi connectivity index (χ4v) is 9.41. The zero-order valence-electron chi connectivity index (χ0n) is 23.1. The van der Waals surface area contributed by atoms with Crippen LogP contribution in [-0.2, 0) is 14.6 Å². The molecule has 2 amide bonds. The van der Waals surface area contributed by atoms with Gasteiger partial charge in [-0.15, -0.1) is 0 Å². The Balaban J connectivity index is 1.32. The fourth-order valence-electron chi connectivity index (χ4n) is 7.03. The van der Waals surface area contributed by atoms with Crippen molar-refractivity contribution in [3.8, 4) is 0 Å². The number of carbonyl (C=O) groups excluding carboxylic acids is 2. The molecule has 3 saturated carbocycles. The van der Waals surface area contributed by atoms with Gasteiger partial charge in [0.2, 0.25) is 5.91 Å². The lowest BCUT2D eigenvalue weighted by Gasteiger charge is -2.43. The van der Waals surface area contributed by atoms with Gasteiger partial charge < -0.3 is 26.0 Å². The van der Waals surface area contributed by atoms with Gasteiger partial charge >= 0.3 is 0 Å². The van der Waals surface area contributed by atoms with Crippen LogP contribution in [0.5, 0.6) is 0 Å². The van der Waals surface area contributed by atoms with Gasteiger partial charge in [0.1, 0.15) is 0 Å². The Morgan fingerprint density at radius 2 is 1.63 bits per heavy atom. The summed E-state index contributed by atoms with van der Waals surface area (Å²) >= 11 is 6.28. The van der Waals surface area contributed by atoms with Crippen molar-refractivity contribution in [3.63, 3.8) is 0 Å². The molecule has 43 heavy (non-hydrogen) atoms. The first-order chi connectivity index (χ1) is 20.1. The number of sulfone groups is 1. The summed E-state index contributed by atoms with van der Waals surface area (Å²) < 4.78 is 68.2. The Labute approximate surface area is 251 Å². The van der Waals surface area contributed by atoms with E-state index in [1.165, 1.54) is 12.1 Å². The van der Waals surface area contributed by atoms with Crippen LogP contribution in [0, 0.1) is 41.1 Å². The molecule has 0 radical (unpaired) electrons. The Morgan fingerprint density at radius 1 is 1.00 bits per heavy atom. The molecule has 0 saturated heterocycles. The number of aliphatic hydroxyl groups excluding tert-OH is 2. The molecule has 2 bridgehead atoms. The van der Waals surface area contributed by atoms with Crippen molar-refractivity contribution >= 4 is 38.9 Å². The number of amides is 2. The van der Waals surface area contributed by atoms with Crippen LogP contribution in [0.15, 0.2) is 35.2 Å². The van der Waals surface area contributed by atoms with Crippen molar-refractivity contribution in [1.82, 2.24) is 5.32 Å². The second kappa shape index (κ2) is 11.7. The van der Waals surface area contributed by atoms with Crippen molar-refractivity contribution in [1.29, 1.82) is 0 Å². The van der Waals surface area contributed by atoms with E-state index >= 15 is 0 Å². The highest BCUT2D eigenvalue weighted by Gasteiger charge is 2.58. The van der Waals surface area contributed by atoms with Gasteiger partial charge in [0.25, 0.3) is 5.91 Å². The first-order valence-electron chi connectivity index (χ1n) is 14.0. The average molecular weight is 645 g/mol. The topological polar surface area (TPSA) is 153 Å². The van der Waals surface area contributed by atoms with Crippen LogP contribution in [0.1, 0.15) is 49.4 Å². The van der Waals surface area contributed by atoms with Gasteiger partial charge in [-0.1, -0.05) is 18.5 Å². The molecule has 234 valence electrons. The first-order valence-corrected chi connectivity index (χ1v) is 15.9. The molecule has 3 aliphatic rings. The van der Waals surface area contributed by atoms with E-state index in [0.717, 1.165) is 6.07 Å². The van der Waals surface area contributed by atoms with Crippen molar-refractivity contribution in [2.45, 2.75) is 67.0 Å². The monoisotopic (exact) mass is 644 g/mol. The Kier molecular flexibility index (Phi) is 8.60. The van der Waals surface area contributed by atoms with Crippen LogP contribution in [-0.4, -0.2) is 65.2 Å². The van der Waals surface area contributed by atoms with E-state index in [1.807, 2.05) is 6.92 Å². The summed E-state index contributed by atoms with van der Waals surface area (Å²) in [6.07, 6.45) is -1.05. The normalized spacial score (nSPS) is 32.0. The second-order valence-corrected chi connectivity index (χ2v) is 14.6. The van der Waals surface area contributed by atoms with E-state index in [2.05, 4.69) is 10.6 Å². The summed E-state index contributed by atoms with van der Waals surface area (Å²) in [6, 6.07) is 4.71. The first kappa shape index (κ1) is 31.7. The lowest BCUT2D eigenvalue weighted by atomic mass is 9.73. The summed E-state index contributed by atoms with van der Waals surface area (Å²) in [6.45, 7) is 1.82. The van der Waals surface area contributed by atoms with E-state index in [-0.39, 0.29) is 65.2 Å². The Hall–Kier alpha value is -2.71. The third-order valence-corrected chi connectivity index (χ3v) is 12.0. The maximum atomic E-state index is 13.9. The van der Waals surface area contributed by atoms with Gasteiger partial charge in [0.05, 0.1) is 33.0 Å². The van der Waals surface area contributed by atoms with Crippen molar-refractivity contribution in [2.75, 3.05) is 11.9 Å². The van der Waals surface area contributed by atoms with E-state index < -0.39 is 74.0 Å². The number of benzene rings is 2. The zero-order valence-corrected chi connectivity index (χ0v) is 24.6. The number of fused-ring (bicyclic) bond motifs is 2. The van der Waals surface area contributed by atoms with E-state index in [1.54, 1.807) is 0 Å². The molecule has 0 aliphatic heterocycles. The van der Waals surface area contributed by atoms with Crippen molar-refractivity contribution in [2.24, 2.45) is 23.7 Å².